The maximum atomic E-state index is 2.65. The lowest BCUT2D eigenvalue weighted by atomic mass is 9.56. The summed E-state index contributed by atoms with van der Waals surface area (Å²) < 4.78 is 0. The van der Waals surface area contributed by atoms with E-state index in [9.17, 15) is 0 Å². The van der Waals surface area contributed by atoms with Crippen molar-refractivity contribution in [3.8, 4) is 0 Å². The van der Waals surface area contributed by atoms with Crippen LogP contribution >= 0.6 is 0 Å². The third kappa shape index (κ3) is 3.88. The molecule has 0 N–H and O–H groups in total. The highest BCUT2D eigenvalue weighted by molar-refractivity contribution is 5.90. The fourth-order valence-corrected chi connectivity index (χ4v) is 7.53. The van der Waals surface area contributed by atoms with Crippen LogP contribution < -0.4 is 0 Å². The predicted octanol–water partition coefficient (Wildman–Crippen LogP) is 10.3. The largest absolute Gasteiger partial charge is 0.0664 e. The van der Waals surface area contributed by atoms with Crippen molar-refractivity contribution in [1.82, 2.24) is 0 Å². The first-order valence-corrected chi connectivity index (χ1v) is 14.2. The van der Waals surface area contributed by atoms with E-state index < -0.39 is 0 Å². The van der Waals surface area contributed by atoms with Gasteiger partial charge in [-0.1, -0.05) is 112 Å². The van der Waals surface area contributed by atoms with Crippen LogP contribution in [0.2, 0.25) is 0 Å². The summed E-state index contributed by atoms with van der Waals surface area (Å²) in [4.78, 5) is 0. The smallest absolute Gasteiger partial charge is 0.00437 e. The van der Waals surface area contributed by atoms with Crippen LogP contribution in [-0.2, 0) is 6.42 Å². The molecule has 0 aliphatic heterocycles. The van der Waals surface area contributed by atoms with Crippen LogP contribution in [0.3, 0.4) is 0 Å². The summed E-state index contributed by atoms with van der Waals surface area (Å²) in [5.74, 6) is 4.77. The summed E-state index contributed by atoms with van der Waals surface area (Å²) in [6, 6.07) is 0. The van der Waals surface area contributed by atoms with Crippen molar-refractivity contribution >= 4 is 11.6 Å². The second-order valence-electron chi connectivity index (χ2n) is 13.3. The Labute approximate surface area is 211 Å². The van der Waals surface area contributed by atoms with Gasteiger partial charge >= 0.3 is 0 Å². The lowest BCUT2D eigenvalue weighted by Crippen LogP contribution is -2.34. The van der Waals surface area contributed by atoms with E-state index in [1.165, 1.54) is 6.42 Å². The van der Waals surface area contributed by atoms with Gasteiger partial charge in [0.15, 0.2) is 0 Å². The Morgan fingerprint density at radius 3 is 1.71 bits per heavy atom. The zero-order chi connectivity index (χ0) is 25.2. The summed E-state index contributed by atoms with van der Waals surface area (Å²) in [6.45, 7) is 29.2. The zero-order valence-electron chi connectivity index (χ0n) is 24.2. The summed E-state index contributed by atoms with van der Waals surface area (Å²) in [6.07, 6.45) is 7.68. The molecule has 2 atom stereocenters. The molecule has 0 aromatic heterocycles. The second-order valence-corrected chi connectivity index (χ2v) is 13.3. The van der Waals surface area contributed by atoms with Crippen LogP contribution in [0.4, 0.5) is 0 Å². The van der Waals surface area contributed by atoms with E-state index in [0.29, 0.717) is 47.3 Å². The van der Waals surface area contributed by atoms with Gasteiger partial charge in [0.1, 0.15) is 0 Å². The van der Waals surface area contributed by atoms with Gasteiger partial charge < -0.3 is 0 Å². The normalized spacial score (nSPS) is 21.9. The van der Waals surface area contributed by atoms with Gasteiger partial charge in [-0.15, -0.1) is 0 Å². The standard InChI is InChI=1S/C34H50/c1-17(2)23-13-25-29(19(5)6)31(21(9)10)27-15-24(18(3)4)16-28-32(22(11)12)30(20(7)8)26(14-23)33(25)34(27)28/h13,16-22,26,30H,14-15H2,1-12H3. The third-order valence-corrected chi connectivity index (χ3v) is 8.98. The Kier molecular flexibility index (Phi) is 6.87. The van der Waals surface area contributed by atoms with Gasteiger partial charge in [-0.2, -0.15) is 0 Å². The molecular formula is C34H50. The molecule has 1 aromatic carbocycles. The van der Waals surface area contributed by atoms with E-state index in [1.807, 2.05) is 0 Å². The maximum absolute atomic E-state index is 2.65. The Morgan fingerprint density at radius 1 is 0.647 bits per heavy atom. The molecule has 0 bridgehead atoms. The van der Waals surface area contributed by atoms with Crippen LogP contribution in [0, 0.1) is 29.6 Å². The minimum Gasteiger partial charge on any atom is -0.0664 e. The fourth-order valence-electron chi connectivity index (χ4n) is 7.53. The molecule has 0 spiro atoms. The van der Waals surface area contributed by atoms with Gasteiger partial charge in [0.25, 0.3) is 0 Å². The number of hydrogen-bond acceptors (Lipinski definition) is 0. The predicted molar refractivity (Wildman–Crippen MR) is 152 cm³/mol. The molecular weight excluding hydrogens is 408 g/mol. The first-order chi connectivity index (χ1) is 15.9. The monoisotopic (exact) mass is 458 g/mol. The van der Waals surface area contributed by atoms with E-state index in [1.54, 1.807) is 55.7 Å². The second kappa shape index (κ2) is 9.15. The van der Waals surface area contributed by atoms with Crippen molar-refractivity contribution in [3.05, 3.63) is 56.2 Å². The first-order valence-electron chi connectivity index (χ1n) is 14.2. The Morgan fingerprint density at radius 2 is 1.24 bits per heavy atom. The van der Waals surface area contributed by atoms with Gasteiger partial charge in [0, 0.05) is 0 Å². The van der Waals surface area contributed by atoms with E-state index >= 15 is 0 Å². The summed E-state index contributed by atoms with van der Waals surface area (Å²) in [5, 5.41) is 0. The fraction of sp³-hybridized carbons (Fsp3) is 0.647. The number of rotatable bonds is 6. The quantitative estimate of drug-likeness (QED) is 0.397. The van der Waals surface area contributed by atoms with Gasteiger partial charge in [-0.05, 0) is 99.1 Å². The lowest BCUT2D eigenvalue weighted by Gasteiger charge is -2.47. The number of allylic oxidation sites excluding steroid dienone is 5. The van der Waals surface area contributed by atoms with Crippen molar-refractivity contribution in [3.63, 3.8) is 0 Å². The molecule has 0 radical (unpaired) electrons. The first kappa shape index (κ1) is 25.5. The minimum absolute atomic E-state index is 0.544. The van der Waals surface area contributed by atoms with Crippen molar-refractivity contribution in [2.24, 2.45) is 29.6 Å². The molecule has 34 heavy (non-hydrogen) atoms. The van der Waals surface area contributed by atoms with Crippen molar-refractivity contribution in [2.75, 3.05) is 0 Å². The molecule has 0 nitrogen and oxygen atoms in total. The van der Waals surface area contributed by atoms with Crippen molar-refractivity contribution < 1.29 is 0 Å². The highest BCUT2D eigenvalue weighted by Gasteiger charge is 2.44. The third-order valence-electron chi connectivity index (χ3n) is 8.98. The molecule has 0 saturated heterocycles. The molecule has 0 saturated carbocycles. The van der Waals surface area contributed by atoms with Crippen LogP contribution in [0.15, 0.2) is 22.8 Å². The Hall–Kier alpha value is -1.56. The SMILES string of the molecule is CC(C)C1=CC2=C(C(C)C)C(C(C)C)C3CC(C(C)C)=Cc4c(C(C)C)c(C(C)C)c(c2c43)C1. The lowest BCUT2D eigenvalue weighted by molar-refractivity contribution is 0.332. The molecule has 0 heteroatoms. The van der Waals surface area contributed by atoms with E-state index in [2.05, 4.69) is 95.2 Å². The van der Waals surface area contributed by atoms with Gasteiger partial charge in [-0.3, -0.25) is 0 Å². The molecule has 0 heterocycles. The topological polar surface area (TPSA) is 0 Å². The molecule has 0 fully saturated rings. The number of hydrogen-bond donors (Lipinski definition) is 0. The highest BCUT2D eigenvalue weighted by atomic mass is 14.5. The average Bonchev–Trinajstić information content (AvgIpc) is 2.74. The van der Waals surface area contributed by atoms with E-state index in [-0.39, 0.29) is 0 Å². The van der Waals surface area contributed by atoms with E-state index in [0.717, 1.165) is 6.42 Å². The van der Waals surface area contributed by atoms with Crippen molar-refractivity contribution in [1.29, 1.82) is 0 Å². The molecule has 0 amide bonds. The maximum Gasteiger partial charge on any atom is -0.00437 e. The zero-order valence-corrected chi connectivity index (χ0v) is 24.2. The van der Waals surface area contributed by atoms with Crippen LogP contribution in [0.25, 0.3) is 11.6 Å². The molecule has 1 aromatic rings. The van der Waals surface area contributed by atoms with E-state index in [4.69, 9.17) is 0 Å². The average molecular weight is 459 g/mol. The highest BCUT2D eigenvalue weighted by Crippen LogP contribution is 2.59. The minimum atomic E-state index is 0.544. The Balaban J connectivity index is 2.24. The molecule has 4 rings (SSSR count). The van der Waals surface area contributed by atoms with Crippen LogP contribution in [0.1, 0.15) is 141 Å². The number of benzene rings is 1. The molecule has 3 aliphatic rings. The molecule has 3 aliphatic carbocycles. The van der Waals surface area contributed by atoms with Crippen molar-refractivity contribution in [2.45, 2.75) is 114 Å². The van der Waals surface area contributed by atoms with Gasteiger partial charge in [0.2, 0.25) is 0 Å². The van der Waals surface area contributed by atoms with Crippen LogP contribution in [-0.4, -0.2) is 0 Å². The summed E-state index contributed by atoms with van der Waals surface area (Å²) >= 11 is 0. The Bertz CT molecular complexity index is 1060. The van der Waals surface area contributed by atoms with Crippen LogP contribution in [0.5, 0.6) is 0 Å². The molecule has 186 valence electrons. The van der Waals surface area contributed by atoms with Gasteiger partial charge in [-0.25, -0.2) is 0 Å². The summed E-state index contributed by atoms with van der Waals surface area (Å²) in [5.41, 5.74) is 16.7. The van der Waals surface area contributed by atoms with Gasteiger partial charge in [0.05, 0.1) is 0 Å². The molecule has 2 unspecified atom stereocenters. The summed E-state index contributed by atoms with van der Waals surface area (Å²) in [7, 11) is 0.